The van der Waals surface area contributed by atoms with Crippen molar-refractivity contribution >= 4 is 17.6 Å². The number of nitrogens with zero attached hydrogens (tertiary/aromatic N) is 2. The van der Waals surface area contributed by atoms with E-state index in [2.05, 4.69) is 43.1 Å². The summed E-state index contributed by atoms with van der Waals surface area (Å²) < 4.78 is 17.2. The summed E-state index contributed by atoms with van der Waals surface area (Å²) in [5.74, 6) is -0.203. The summed E-state index contributed by atoms with van der Waals surface area (Å²) in [5, 5.41) is 13.9. The lowest BCUT2D eigenvalue weighted by Crippen LogP contribution is -2.35. The molecule has 2 N–H and O–H groups in total. The summed E-state index contributed by atoms with van der Waals surface area (Å²) >= 11 is 0. The fourth-order valence-electron chi connectivity index (χ4n) is 6.77. The lowest BCUT2D eigenvalue weighted by Gasteiger charge is -2.27. The monoisotopic (exact) mass is 615 g/mol. The summed E-state index contributed by atoms with van der Waals surface area (Å²) in [6.07, 6.45) is 1.60. The van der Waals surface area contributed by atoms with Crippen molar-refractivity contribution in [3.63, 3.8) is 0 Å². The lowest BCUT2D eigenvalue weighted by atomic mass is 9.81. The third-order valence-corrected chi connectivity index (χ3v) is 8.96. The number of hydrogen-bond donors (Lipinski definition) is 2. The van der Waals surface area contributed by atoms with Crippen LogP contribution in [0, 0.1) is 19.8 Å². The maximum absolute atomic E-state index is 13.8. The van der Waals surface area contributed by atoms with Crippen LogP contribution >= 0.6 is 0 Å². The SMILES string of the molecule is CCc1cc(C)cc(CC)c1NC(=O)CN1C[C@H](c2ccc3c(c2C)OCO3)C(C(=O)O)[C@@H]1c1ccc(OCCN(C)C)cc1. The molecule has 3 aromatic rings. The number of likely N-dealkylation sites (tertiary alicyclic amines) is 1. The molecule has 5 rings (SSSR count). The standard InChI is InChI=1S/C36H45N3O6/c1-7-24-17-22(3)18-25(8-2)33(24)37-31(40)20-39-19-29(28-13-14-30-35(23(28)4)45-21-44-30)32(36(41)42)34(39)26-9-11-27(12-10-26)43-16-15-38(5)6/h9-14,17-18,29,32,34H,7-8,15-16,19-21H2,1-6H3,(H,37,40)(H,41,42)/t29-,32?,34+/m1/s1. The molecule has 1 unspecified atom stereocenters. The lowest BCUT2D eigenvalue weighted by molar-refractivity contribution is -0.143. The summed E-state index contributed by atoms with van der Waals surface area (Å²) in [7, 11) is 3.99. The second-order valence-electron chi connectivity index (χ2n) is 12.3. The largest absolute Gasteiger partial charge is 0.492 e. The minimum absolute atomic E-state index is 0.0514. The molecular weight excluding hydrogens is 570 g/mol. The minimum atomic E-state index is -0.906. The molecule has 3 atom stereocenters. The number of rotatable bonds is 12. The van der Waals surface area contributed by atoms with E-state index >= 15 is 0 Å². The average molecular weight is 616 g/mol. The molecule has 2 heterocycles. The van der Waals surface area contributed by atoms with E-state index in [9.17, 15) is 14.7 Å². The van der Waals surface area contributed by atoms with Gasteiger partial charge in [-0.3, -0.25) is 14.5 Å². The van der Waals surface area contributed by atoms with E-state index in [1.54, 1.807) is 0 Å². The maximum Gasteiger partial charge on any atom is 0.309 e. The zero-order chi connectivity index (χ0) is 32.2. The van der Waals surface area contributed by atoms with Gasteiger partial charge in [0.25, 0.3) is 0 Å². The normalized spacial score (nSPS) is 19.2. The Morgan fingerprint density at radius 2 is 1.71 bits per heavy atom. The molecule has 0 aromatic heterocycles. The van der Waals surface area contributed by atoms with Gasteiger partial charge in [-0.1, -0.05) is 49.7 Å². The molecular formula is C36H45N3O6. The topological polar surface area (TPSA) is 101 Å². The smallest absolute Gasteiger partial charge is 0.309 e. The third kappa shape index (κ3) is 6.94. The highest BCUT2D eigenvalue weighted by Crippen LogP contribution is 2.49. The van der Waals surface area contributed by atoms with Crippen molar-refractivity contribution in [2.45, 2.75) is 52.5 Å². The van der Waals surface area contributed by atoms with E-state index in [4.69, 9.17) is 14.2 Å². The molecule has 1 saturated heterocycles. The molecule has 3 aromatic carbocycles. The number of carbonyl (C=O) groups excluding carboxylic acids is 1. The molecule has 1 fully saturated rings. The molecule has 0 bridgehead atoms. The van der Waals surface area contributed by atoms with Crippen molar-refractivity contribution < 1.29 is 28.9 Å². The Balaban J connectivity index is 1.48. The number of anilines is 1. The van der Waals surface area contributed by atoms with Crippen LogP contribution in [0.1, 0.15) is 59.2 Å². The maximum atomic E-state index is 13.8. The van der Waals surface area contributed by atoms with E-state index < -0.39 is 17.9 Å². The van der Waals surface area contributed by atoms with Gasteiger partial charge < -0.3 is 29.5 Å². The Hall–Kier alpha value is -4.08. The number of amides is 1. The first kappa shape index (κ1) is 32.3. The predicted molar refractivity (Wildman–Crippen MR) is 175 cm³/mol. The second kappa shape index (κ2) is 13.9. The van der Waals surface area contributed by atoms with Crippen LogP contribution < -0.4 is 19.5 Å². The summed E-state index contributed by atoms with van der Waals surface area (Å²) in [6, 6.07) is 15.1. The summed E-state index contributed by atoms with van der Waals surface area (Å²) in [4.78, 5) is 30.9. The minimum Gasteiger partial charge on any atom is -0.492 e. The third-order valence-electron chi connectivity index (χ3n) is 8.96. The molecule has 2 aliphatic rings. The number of benzene rings is 3. The molecule has 0 radical (unpaired) electrons. The Morgan fingerprint density at radius 1 is 1.02 bits per heavy atom. The van der Waals surface area contributed by atoms with Crippen LogP contribution in [0.15, 0.2) is 48.5 Å². The van der Waals surface area contributed by atoms with Crippen molar-refractivity contribution in [1.82, 2.24) is 9.80 Å². The number of ether oxygens (including phenoxy) is 3. The quantitative estimate of drug-likeness (QED) is 0.273. The average Bonchev–Trinajstić information content (AvgIpc) is 3.64. The van der Waals surface area contributed by atoms with Gasteiger partial charge in [0.1, 0.15) is 12.4 Å². The van der Waals surface area contributed by atoms with E-state index in [1.807, 2.05) is 62.3 Å². The van der Waals surface area contributed by atoms with Crippen molar-refractivity contribution in [2.75, 3.05) is 52.4 Å². The molecule has 0 saturated carbocycles. The number of hydrogen-bond acceptors (Lipinski definition) is 7. The van der Waals surface area contributed by atoms with Gasteiger partial charge in [-0.05, 0) is 86.8 Å². The van der Waals surface area contributed by atoms with Crippen molar-refractivity contribution in [2.24, 2.45) is 5.92 Å². The highest BCUT2D eigenvalue weighted by Gasteiger charge is 2.48. The Labute approximate surface area is 266 Å². The molecule has 240 valence electrons. The van der Waals surface area contributed by atoms with Gasteiger partial charge in [0.05, 0.1) is 12.5 Å². The number of carboxylic acid groups (broad SMARTS) is 1. The summed E-state index contributed by atoms with van der Waals surface area (Å²) in [6.45, 7) is 10.1. The van der Waals surface area contributed by atoms with Crippen LogP contribution in [0.25, 0.3) is 0 Å². The van der Waals surface area contributed by atoms with Gasteiger partial charge in [0, 0.05) is 30.7 Å². The van der Waals surface area contributed by atoms with Crippen molar-refractivity contribution in [3.05, 3.63) is 81.9 Å². The van der Waals surface area contributed by atoms with Crippen LogP contribution in [-0.4, -0.2) is 73.9 Å². The summed E-state index contributed by atoms with van der Waals surface area (Å²) in [5.41, 5.74) is 6.82. The Kier molecular flexibility index (Phi) is 9.99. The van der Waals surface area contributed by atoms with E-state index in [0.717, 1.165) is 58.6 Å². The van der Waals surface area contributed by atoms with E-state index in [-0.39, 0.29) is 25.2 Å². The molecule has 45 heavy (non-hydrogen) atoms. The second-order valence-corrected chi connectivity index (χ2v) is 12.3. The first-order chi connectivity index (χ1) is 21.6. The Bertz CT molecular complexity index is 1510. The number of nitrogens with one attached hydrogen (secondary N) is 1. The van der Waals surface area contributed by atoms with Gasteiger partial charge in [-0.2, -0.15) is 0 Å². The van der Waals surface area contributed by atoms with Gasteiger partial charge in [0.15, 0.2) is 11.5 Å². The van der Waals surface area contributed by atoms with Crippen molar-refractivity contribution in [1.29, 1.82) is 0 Å². The van der Waals surface area contributed by atoms with Crippen LogP contribution in [0.3, 0.4) is 0 Å². The molecule has 0 aliphatic carbocycles. The molecule has 9 heteroatoms. The van der Waals surface area contributed by atoms with Crippen LogP contribution in [0.2, 0.25) is 0 Å². The number of likely N-dealkylation sites (N-methyl/N-ethyl adjacent to an activating group) is 1. The predicted octanol–water partition coefficient (Wildman–Crippen LogP) is 5.58. The van der Waals surface area contributed by atoms with Crippen LogP contribution in [-0.2, 0) is 22.4 Å². The molecule has 0 spiro atoms. The molecule has 9 nitrogen and oxygen atoms in total. The molecule has 1 amide bonds. The number of carbonyl (C=O) groups is 2. The van der Waals surface area contributed by atoms with Crippen molar-refractivity contribution in [3.8, 4) is 17.2 Å². The zero-order valence-corrected chi connectivity index (χ0v) is 27.2. The van der Waals surface area contributed by atoms with Gasteiger partial charge in [0.2, 0.25) is 12.7 Å². The van der Waals surface area contributed by atoms with Gasteiger partial charge in [-0.15, -0.1) is 0 Å². The zero-order valence-electron chi connectivity index (χ0n) is 27.2. The number of aliphatic carboxylic acids is 1. The van der Waals surface area contributed by atoms with Crippen LogP contribution in [0.5, 0.6) is 17.2 Å². The van der Waals surface area contributed by atoms with E-state index in [0.29, 0.717) is 24.7 Å². The highest BCUT2D eigenvalue weighted by molar-refractivity contribution is 5.94. The Morgan fingerprint density at radius 3 is 2.33 bits per heavy atom. The number of aryl methyl sites for hydroxylation is 3. The van der Waals surface area contributed by atoms with Crippen LogP contribution in [0.4, 0.5) is 5.69 Å². The van der Waals surface area contributed by atoms with E-state index in [1.165, 1.54) is 5.56 Å². The fraction of sp³-hybridized carbons (Fsp3) is 0.444. The number of fused-ring (bicyclic) bond motifs is 1. The first-order valence-corrected chi connectivity index (χ1v) is 15.8. The molecule has 2 aliphatic heterocycles. The fourth-order valence-corrected chi connectivity index (χ4v) is 6.77. The first-order valence-electron chi connectivity index (χ1n) is 15.8. The van der Waals surface area contributed by atoms with Gasteiger partial charge >= 0.3 is 5.97 Å². The number of carboxylic acids is 1. The highest BCUT2D eigenvalue weighted by atomic mass is 16.7. The van der Waals surface area contributed by atoms with Gasteiger partial charge in [-0.25, -0.2) is 0 Å².